The molecule has 1 fully saturated rings. The fourth-order valence-electron chi connectivity index (χ4n) is 5.37. The SMILES string of the molecule is CC1C(CSc2nc(-c3ccccc3)c(-c3ccccc3)o2)OC(c2cccc(NC(=O)C(Cl)(Cl)Cl)c2)OC1c1ccc(CO)cc1. The first-order chi connectivity index (χ1) is 22.7. The van der Waals surface area contributed by atoms with Crippen LogP contribution < -0.4 is 5.32 Å². The molecule has 1 aliphatic heterocycles. The summed E-state index contributed by atoms with van der Waals surface area (Å²) in [4.78, 5) is 17.2. The minimum absolute atomic E-state index is 0.0504. The molecule has 0 saturated carbocycles. The van der Waals surface area contributed by atoms with E-state index in [-0.39, 0.29) is 24.7 Å². The zero-order valence-electron chi connectivity index (χ0n) is 25.2. The van der Waals surface area contributed by atoms with Crippen LogP contribution in [0, 0.1) is 5.92 Å². The molecule has 7 nitrogen and oxygen atoms in total. The van der Waals surface area contributed by atoms with Crippen LogP contribution in [-0.2, 0) is 20.9 Å². The third kappa shape index (κ3) is 8.04. The number of aromatic nitrogens is 1. The van der Waals surface area contributed by atoms with Crippen molar-refractivity contribution in [3.8, 4) is 22.6 Å². The summed E-state index contributed by atoms with van der Waals surface area (Å²) in [7, 11) is 0. The minimum atomic E-state index is -2.11. The van der Waals surface area contributed by atoms with Crippen molar-refractivity contribution in [1.29, 1.82) is 0 Å². The molecule has 0 radical (unpaired) electrons. The maximum absolute atomic E-state index is 12.3. The van der Waals surface area contributed by atoms with Gasteiger partial charge >= 0.3 is 0 Å². The van der Waals surface area contributed by atoms with Gasteiger partial charge in [-0.25, -0.2) is 4.98 Å². The molecule has 0 bridgehead atoms. The number of aliphatic hydroxyl groups excluding tert-OH is 1. The van der Waals surface area contributed by atoms with Crippen molar-refractivity contribution in [2.45, 2.75) is 41.0 Å². The van der Waals surface area contributed by atoms with Gasteiger partial charge in [-0.3, -0.25) is 4.79 Å². The number of thioether (sulfide) groups is 1. The van der Waals surface area contributed by atoms with E-state index < -0.39 is 16.0 Å². The second kappa shape index (κ2) is 14.8. The Morgan fingerprint density at radius 2 is 1.55 bits per heavy atom. The minimum Gasteiger partial charge on any atom is -0.431 e. The summed E-state index contributed by atoms with van der Waals surface area (Å²) in [5.41, 5.74) is 5.55. The van der Waals surface area contributed by atoms with Gasteiger partial charge in [0, 0.05) is 34.0 Å². The Morgan fingerprint density at radius 1 is 0.872 bits per heavy atom. The second-order valence-electron chi connectivity index (χ2n) is 11.1. The number of ether oxygens (including phenoxy) is 2. The molecule has 4 unspecified atom stereocenters. The molecule has 1 aliphatic rings. The van der Waals surface area contributed by atoms with E-state index in [1.54, 1.807) is 18.2 Å². The summed E-state index contributed by atoms with van der Waals surface area (Å²) in [6.07, 6.45) is -1.39. The Balaban J connectivity index is 1.28. The van der Waals surface area contributed by atoms with Crippen molar-refractivity contribution in [1.82, 2.24) is 4.98 Å². The number of amides is 1. The van der Waals surface area contributed by atoms with E-state index in [1.165, 1.54) is 11.8 Å². The van der Waals surface area contributed by atoms with E-state index in [2.05, 4.69) is 12.2 Å². The predicted molar refractivity (Wildman–Crippen MR) is 186 cm³/mol. The Labute approximate surface area is 292 Å². The molecule has 1 saturated heterocycles. The third-order valence-corrected chi connectivity index (χ3v) is 9.29. The molecule has 0 spiro atoms. The highest BCUT2D eigenvalue weighted by Crippen LogP contribution is 2.44. The number of carbonyl (C=O) groups is 1. The highest BCUT2D eigenvalue weighted by atomic mass is 35.6. The first kappa shape index (κ1) is 33.6. The largest absolute Gasteiger partial charge is 0.431 e. The molecule has 5 aromatic rings. The summed E-state index contributed by atoms with van der Waals surface area (Å²) in [6, 6.07) is 34.6. The average molecular weight is 710 g/mol. The van der Waals surface area contributed by atoms with E-state index in [4.69, 9.17) is 53.7 Å². The number of carbonyl (C=O) groups excluding carboxylic acids is 1. The summed E-state index contributed by atoms with van der Waals surface area (Å²) >= 11 is 18.8. The second-order valence-corrected chi connectivity index (χ2v) is 14.4. The van der Waals surface area contributed by atoms with Crippen molar-refractivity contribution in [3.63, 3.8) is 0 Å². The molecule has 1 amide bonds. The van der Waals surface area contributed by atoms with Crippen LogP contribution in [0.2, 0.25) is 0 Å². The average Bonchev–Trinajstić information content (AvgIpc) is 3.53. The van der Waals surface area contributed by atoms with Crippen molar-refractivity contribution < 1.29 is 23.8 Å². The molecular weight excluding hydrogens is 679 g/mol. The van der Waals surface area contributed by atoms with Gasteiger partial charge in [-0.15, -0.1) is 0 Å². The zero-order chi connectivity index (χ0) is 33.0. The molecule has 242 valence electrons. The first-order valence-electron chi connectivity index (χ1n) is 14.9. The fraction of sp³-hybridized carbons (Fsp3) is 0.222. The van der Waals surface area contributed by atoms with Crippen LogP contribution in [0.3, 0.4) is 0 Å². The molecule has 0 aliphatic carbocycles. The van der Waals surface area contributed by atoms with Gasteiger partial charge in [0.1, 0.15) is 5.69 Å². The van der Waals surface area contributed by atoms with Gasteiger partial charge in [0.15, 0.2) is 12.1 Å². The number of anilines is 1. The lowest BCUT2D eigenvalue weighted by Crippen LogP contribution is -2.38. The number of hydrogen-bond donors (Lipinski definition) is 2. The van der Waals surface area contributed by atoms with Crippen molar-refractivity contribution in [2.75, 3.05) is 11.1 Å². The predicted octanol–water partition coefficient (Wildman–Crippen LogP) is 9.39. The number of halogens is 3. The van der Waals surface area contributed by atoms with E-state index in [0.29, 0.717) is 28.0 Å². The molecule has 6 rings (SSSR count). The molecule has 4 atom stereocenters. The number of benzene rings is 4. The topological polar surface area (TPSA) is 93.8 Å². The third-order valence-electron chi connectivity index (χ3n) is 7.86. The molecule has 11 heteroatoms. The highest BCUT2D eigenvalue weighted by molar-refractivity contribution is 7.99. The lowest BCUT2D eigenvalue weighted by molar-refractivity contribution is -0.268. The Kier molecular flexibility index (Phi) is 10.6. The normalized spacial score (nSPS) is 19.8. The van der Waals surface area contributed by atoms with Gasteiger partial charge in [-0.05, 0) is 23.3 Å². The van der Waals surface area contributed by atoms with Crippen LogP contribution in [0.5, 0.6) is 0 Å². The van der Waals surface area contributed by atoms with E-state index >= 15 is 0 Å². The molecule has 4 aromatic carbocycles. The van der Waals surface area contributed by atoms with Gasteiger partial charge in [0.25, 0.3) is 14.9 Å². The molecule has 1 aromatic heterocycles. The Hall–Kier alpha value is -3.34. The maximum atomic E-state index is 12.3. The summed E-state index contributed by atoms with van der Waals surface area (Å²) in [5, 5.41) is 12.7. The maximum Gasteiger partial charge on any atom is 0.276 e. The Bertz CT molecular complexity index is 1740. The lowest BCUT2D eigenvalue weighted by Gasteiger charge is -2.41. The van der Waals surface area contributed by atoms with Crippen LogP contribution in [0.15, 0.2) is 119 Å². The first-order valence-corrected chi connectivity index (χ1v) is 17.0. The molecule has 2 N–H and O–H groups in total. The molecule has 2 heterocycles. The number of aliphatic hydroxyl groups is 1. The zero-order valence-corrected chi connectivity index (χ0v) is 28.3. The lowest BCUT2D eigenvalue weighted by atomic mass is 9.91. The van der Waals surface area contributed by atoms with Crippen LogP contribution in [0.25, 0.3) is 22.6 Å². The van der Waals surface area contributed by atoms with Gasteiger partial charge in [-0.2, -0.15) is 0 Å². The number of rotatable bonds is 9. The van der Waals surface area contributed by atoms with Crippen LogP contribution >= 0.6 is 46.6 Å². The van der Waals surface area contributed by atoms with Gasteiger partial charge in [0.05, 0.1) is 18.8 Å². The van der Waals surface area contributed by atoms with Gasteiger partial charge < -0.3 is 24.3 Å². The number of alkyl halides is 3. The Morgan fingerprint density at radius 3 is 2.21 bits per heavy atom. The standard InChI is InChI=1S/C36H31Cl3N2O5S/c1-22-29(21-47-35-41-30(24-9-4-2-5-10-24)32(46-35)25-11-6-3-7-12-25)44-33(45-31(22)26-17-15-23(20-42)16-18-26)27-13-8-14-28(19-27)40-34(43)36(37,38)39/h2-19,22,29,31,33,42H,20-21H2,1H3,(H,40,43). The number of nitrogens with zero attached hydrogens (tertiary/aromatic N) is 1. The van der Waals surface area contributed by atoms with Crippen LogP contribution in [0.4, 0.5) is 5.69 Å². The van der Waals surface area contributed by atoms with Crippen molar-refractivity contribution >= 4 is 58.2 Å². The smallest absolute Gasteiger partial charge is 0.276 e. The number of oxazole rings is 1. The molecule has 47 heavy (non-hydrogen) atoms. The fourth-order valence-corrected chi connectivity index (χ4v) is 6.50. The van der Waals surface area contributed by atoms with E-state index in [0.717, 1.165) is 27.9 Å². The van der Waals surface area contributed by atoms with Crippen molar-refractivity contribution in [2.24, 2.45) is 5.92 Å². The summed E-state index contributed by atoms with van der Waals surface area (Å²) in [6.45, 7) is 2.04. The van der Waals surface area contributed by atoms with Crippen LogP contribution in [-0.4, -0.2) is 31.6 Å². The summed E-state index contributed by atoms with van der Waals surface area (Å²) < 4.78 is 17.4. The van der Waals surface area contributed by atoms with Crippen LogP contribution in [0.1, 0.15) is 36.0 Å². The molecular formula is C36H31Cl3N2O5S. The summed E-state index contributed by atoms with van der Waals surface area (Å²) in [5.74, 6) is 0.390. The van der Waals surface area contributed by atoms with E-state index in [1.807, 2.05) is 91.0 Å². The number of hydrogen-bond acceptors (Lipinski definition) is 7. The monoisotopic (exact) mass is 708 g/mol. The van der Waals surface area contributed by atoms with Gasteiger partial charge in [-0.1, -0.05) is 151 Å². The van der Waals surface area contributed by atoms with E-state index in [9.17, 15) is 9.90 Å². The number of nitrogens with one attached hydrogen (secondary N) is 1. The van der Waals surface area contributed by atoms with Crippen molar-refractivity contribution in [3.05, 3.63) is 126 Å². The highest BCUT2D eigenvalue weighted by Gasteiger charge is 2.39. The van der Waals surface area contributed by atoms with Gasteiger partial charge in [0.2, 0.25) is 0 Å². The quantitative estimate of drug-likeness (QED) is 0.116.